The van der Waals surface area contributed by atoms with Gasteiger partial charge in [0.15, 0.2) is 12.2 Å². The first-order valence-corrected chi connectivity index (χ1v) is 38.5. The summed E-state index contributed by atoms with van der Waals surface area (Å²) in [5.74, 6) is 1.09. The summed E-state index contributed by atoms with van der Waals surface area (Å²) in [5, 5.41) is 17.3. The Morgan fingerprint density at radius 2 is 1.29 bits per heavy atom. The number of alkyl halides is 4. The second-order valence-corrected chi connectivity index (χ2v) is 58.8. The summed E-state index contributed by atoms with van der Waals surface area (Å²) >= 11 is 4.44. The number of carbonyl (C=O) groups is 2. The van der Waals surface area contributed by atoms with Crippen LogP contribution in [0.4, 0.5) is 0 Å². The summed E-state index contributed by atoms with van der Waals surface area (Å²) in [4.78, 5) is 26.9. The van der Waals surface area contributed by atoms with Crippen LogP contribution in [-0.2, 0) is 38.4 Å². The van der Waals surface area contributed by atoms with Gasteiger partial charge in [0.05, 0.1) is 6.61 Å². The number of halogens is 4. The fraction of sp³-hybridized carbons (Fsp3) is 0.868. The van der Waals surface area contributed by atoms with Crippen LogP contribution < -0.4 is 17.2 Å². The van der Waals surface area contributed by atoms with Gasteiger partial charge in [-0.25, -0.2) is 0 Å². The van der Waals surface area contributed by atoms with Crippen LogP contribution in [-0.4, -0.2) is 97.4 Å². The third-order valence-electron chi connectivity index (χ3n) is 8.60. The molecule has 2 saturated heterocycles. The van der Waals surface area contributed by atoms with Crippen molar-refractivity contribution >= 4 is 70.6 Å². The van der Waals surface area contributed by atoms with Gasteiger partial charge in [-0.1, -0.05) is 123 Å². The Morgan fingerprint density at radius 1 is 0.808 bits per heavy atom. The zero-order valence-electron chi connectivity index (χ0n) is 34.3. The topological polar surface area (TPSA) is 99.5 Å². The van der Waals surface area contributed by atoms with Gasteiger partial charge in [-0.15, -0.1) is 0 Å². The maximum Gasteiger partial charge on any atom is 0 e. The molecule has 3 aliphatic rings. The number of allylic oxidation sites excluding steroid dienone is 1. The van der Waals surface area contributed by atoms with E-state index in [0.717, 1.165) is 59.6 Å². The normalized spacial score (nSPS) is 20.4. The number of aliphatic hydroxyl groups is 2. The molecule has 0 radical (unpaired) electrons. The van der Waals surface area contributed by atoms with E-state index in [4.69, 9.17) is 19.5 Å². The molecule has 3 fully saturated rings. The van der Waals surface area contributed by atoms with Crippen LogP contribution in [0, 0.1) is 19.3 Å². The van der Waals surface area contributed by atoms with Crippen LogP contribution in [0.3, 0.4) is 0 Å². The molecular formula is C38H77BI4N2O6Zn-2. The van der Waals surface area contributed by atoms with Gasteiger partial charge in [0.2, 0.25) is 0 Å². The largest absolute Gasteiger partial charge is 0.358 e. The molecule has 1 aliphatic carbocycles. The molecule has 0 spiro atoms. The van der Waals surface area contributed by atoms with Crippen molar-refractivity contribution in [1.29, 1.82) is 0 Å². The van der Waals surface area contributed by atoms with Crippen LogP contribution in [0.5, 0.6) is 0 Å². The zero-order valence-corrected chi connectivity index (χ0v) is 46.0. The fourth-order valence-electron chi connectivity index (χ4n) is 5.32. The Bertz CT molecular complexity index is 836. The number of amides is 2. The van der Waals surface area contributed by atoms with Gasteiger partial charge in [-0.2, -0.15) is 0 Å². The summed E-state index contributed by atoms with van der Waals surface area (Å²) in [5.41, 5.74) is 0. The van der Waals surface area contributed by atoms with Gasteiger partial charge in [0.25, 0.3) is 11.8 Å². The van der Waals surface area contributed by atoms with Crippen LogP contribution in [0.1, 0.15) is 130 Å². The average Bonchev–Trinajstić information content (AvgIpc) is 4.04. The van der Waals surface area contributed by atoms with Gasteiger partial charge in [-0.3, -0.25) is 9.59 Å². The van der Waals surface area contributed by atoms with E-state index in [0.29, 0.717) is 18.8 Å². The minimum atomic E-state index is -0.841. The first-order chi connectivity index (χ1) is 24.1. The molecule has 0 unspecified atom stereocenters. The molecule has 0 aromatic heterocycles. The quantitative estimate of drug-likeness (QED) is 0.0292. The number of unbranched alkanes of at least 4 members (excludes halogenated alkanes) is 12. The number of likely N-dealkylation sites (N-methyl/N-ethyl adjacent to an activating group) is 2. The molecule has 14 heteroatoms. The van der Waals surface area contributed by atoms with Crippen molar-refractivity contribution in [3.63, 3.8) is 0 Å². The summed E-state index contributed by atoms with van der Waals surface area (Å²) < 4.78 is 14.6. The minimum Gasteiger partial charge on any atom is -0.358 e. The van der Waals surface area contributed by atoms with Gasteiger partial charge in [0.1, 0.15) is 0 Å². The number of hydrogen-bond acceptors (Lipinski definition) is 6. The van der Waals surface area contributed by atoms with Crippen LogP contribution in [0.15, 0.2) is 12.2 Å². The maximum absolute atomic E-state index is 12.1. The molecule has 1 saturated carbocycles. The van der Waals surface area contributed by atoms with E-state index in [1.165, 1.54) is 99.7 Å². The van der Waals surface area contributed by atoms with Crippen molar-refractivity contribution in [2.24, 2.45) is 11.8 Å². The summed E-state index contributed by atoms with van der Waals surface area (Å²) in [7, 11) is 6.09. The van der Waals surface area contributed by atoms with Gasteiger partial charge in [-0.05, 0) is 37.4 Å². The number of rotatable bonds is 23. The van der Waals surface area contributed by atoms with Gasteiger partial charge >= 0.3 is 80.9 Å². The molecular weight excluding hydrogens is 1160 g/mol. The number of nitrogens with zero attached hydrogens (tertiary/aromatic N) is 2. The van der Waals surface area contributed by atoms with Crippen LogP contribution in [0.2, 0.25) is 6.32 Å². The molecule has 2 amide bonds. The molecule has 0 aromatic carbocycles. The summed E-state index contributed by atoms with van der Waals surface area (Å²) in [6.07, 6.45) is 25.2. The molecule has 52 heavy (non-hydrogen) atoms. The SMILES string of the molecule is CCCCB1O[C@H](C(=O)N(C)C)[C@@H](C(=O)N(C)C)O1.CCCCCCCC/C=C\CO.CCCCCCCC[C@H]1C[C@H]1CO.IC[I-]I1C[IH]1.[CH3-].[Zn]. The minimum absolute atomic E-state index is 0. The zero-order chi connectivity index (χ0) is 37.6. The number of carbonyl (C=O) groups excluding carboxylic acids is 2. The Morgan fingerprint density at radius 3 is 1.67 bits per heavy atom. The Balaban J connectivity index is -0.000000644. The first kappa shape index (κ1) is 58.4. The number of aliphatic hydroxyl groups excluding tert-OH is 2. The van der Waals surface area contributed by atoms with Crippen LogP contribution in [0.25, 0.3) is 0 Å². The van der Waals surface area contributed by atoms with E-state index < -0.39 is 19.3 Å². The molecule has 0 aromatic rings. The molecule has 2 heterocycles. The molecule has 310 valence electrons. The third kappa shape index (κ3) is 32.1. The monoisotopic (exact) mass is 1240 g/mol. The van der Waals surface area contributed by atoms with E-state index >= 15 is 0 Å². The van der Waals surface area contributed by atoms with Crippen molar-refractivity contribution in [2.45, 2.75) is 148 Å². The van der Waals surface area contributed by atoms with E-state index in [1.54, 1.807) is 30.6 Å². The predicted octanol–water partition coefficient (Wildman–Crippen LogP) is 6.81. The van der Waals surface area contributed by atoms with E-state index in [-0.39, 0.29) is 57.2 Å². The fourth-order valence-corrected chi connectivity index (χ4v) is 94.1. The van der Waals surface area contributed by atoms with Crippen molar-refractivity contribution in [1.82, 2.24) is 9.80 Å². The summed E-state index contributed by atoms with van der Waals surface area (Å²) in [6, 6.07) is 0. The van der Waals surface area contributed by atoms with Gasteiger partial charge in [0, 0.05) is 54.3 Å². The van der Waals surface area contributed by atoms with E-state index in [2.05, 4.69) is 49.4 Å². The molecule has 2 aliphatic heterocycles. The molecule has 0 bridgehead atoms. The average molecular weight is 1240 g/mol. The van der Waals surface area contributed by atoms with E-state index in [1.807, 2.05) is 8.51 Å². The van der Waals surface area contributed by atoms with E-state index in [9.17, 15) is 9.59 Å². The Kier molecular flexibility index (Phi) is 44.9. The smallest absolute Gasteiger partial charge is 0 e. The molecule has 8 nitrogen and oxygen atoms in total. The van der Waals surface area contributed by atoms with Crippen molar-refractivity contribution in [3.8, 4) is 0 Å². The Hall–Kier alpha value is 2.13. The molecule has 2 N–H and O–H groups in total. The predicted molar refractivity (Wildman–Crippen MR) is 243 cm³/mol. The van der Waals surface area contributed by atoms with Crippen molar-refractivity contribution in [3.05, 3.63) is 19.6 Å². The standard InChI is InChI=1S/C12H23BN2O4.C12H24O.C11H22O.C2H5I4.CH3.Zn/c1-6-7-8-13-18-9(11(16)14(2)3)10(19-13)12(17)15(4)5;1-2-3-4-5-6-7-8-11-9-12(11)10-13;1-2-3-4-5-6-7-8-9-10-11-12;3-1-4-6-2-5-6;;/h9-10H,6-8H2,1-5H3;11-13H,2-10H2,1H3;9-10,12H,2-8,11H2,1H3;5H,1-2H2;1H3;/q;;;2*-1;/b;;10-9-;;;/t9-,10-;11-,12-;;;;/m00..../s1. The van der Waals surface area contributed by atoms with Crippen molar-refractivity contribution in [2.75, 3.05) is 46.3 Å². The second-order valence-electron chi connectivity index (χ2n) is 13.5. The third-order valence-corrected chi connectivity index (χ3v) is 65.3. The second kappa shape index (κ2) is 39.9. The molecule has 4 atom stereocenters. The van der Waals surface area contributed by atoms with Gasteiger partial charge < -0.3 is 36.7 Å². The van der Waals surface area contributed by atoms with Crippen molar-refractivity contribution < 1.29 is 65.8 Å². The molecule has 3 rings (SSSR count). The maximum atomic E-state index is 12.1. The summed E-state index contributed by atoms with van der Waals surface area (Å²) in [6.45, 7) is 7.19. The first-order valence-electron chi connectivity index (χ1n) is 19.2. The Labute approximate surface area is 368 Å². The van der Waals surface area contributed by atoms with Crippen LogP contribution >= 0.6 is 51.7 Å². The number of hydrogen-bond donors (Lipinski definition) is 2.